The number of nitrogens with one attached hydrogen (secondary N) is 2. The lowest BCUT2D eigenvalue weighted by atomic mass is 9.97. The highest BCUT2D eigenvalue weighted by Crippen LogP contribution is 2.16. The van der Waals surface area contributed by atoms with Gasteiger partial charge in [-0.25, -0.2) is 0 Å². The first kappa shape index (κ1) is 25.9. The van der Waals surface area contributed by atoms with Gasteiger partial charge >= 0.3 is 0 Å². The van der Waals surface area contributed by atoms with E-state index >= 15 is 0 Å². The minimum Gasteiger partial charge on any atom is -0.379 e. The topological polar surface area (TPSA) is 52.1 Å². The molecule has 1 unspecified atom stereocenters. The van der Waals surface area contributed by atoms with Crippen LogP contribution in [0.5, 0.6) is 0 Å². The highest BCUT2D eigenvalue weighted by atomic mass is 127. The highest BCUT2D eigenvalue weighted by molar-refractivity contribution is 14.0. The largest absolute Gasteiger partial charge is 0.379 e. The Morgan fingerprint density at radius 2 is 1.75 bits per heavy atom. The number of ether oxygens (including phenoxy) is 1. The molecule has 2 saturated heterocycles. The van der Waals surface area contributed by atoms with Gasteiger partial charge in [0.15, 0.2) is 5.96 Å². The summed E-state index contributed by atoms with van der Waals surface area (Å²) in [7, 11) is 0. The molecule has 2 aliphatic rings. The van der Waals surface area contributed by atoms with Crippen LogP contribution in [0.15, 0.2) is 4.99 Å². The third-order valence-corrected chi connectivity index (χ3v) is 5.87. The molecule has 6 nitrogen and oxygen atoms in total. The van der Waals surface area contributed by atoms with Crippen LogP contribution in [0.4, 0.5) is 0 Å². The summed E-state index contributed by atoms with van der Waals surface area (Å²) >= 11 is 0. The number of morpholine rings is 1. The molecule has 7 heteroatoms. The lowest BCUT2D eigenvalue weighted by molar-refractivity contribution is 0.00867. The van der Waals surface area contributed by atoms with Gasteiger partial charge in [-0.05, 0) is 57.7 Å². The summed E-state index contributed by atoms with van der Waals surface area (Å²) in [4.78, 5) is 10.1. The average molecular weight is 510 g/mol. The number of rotatable bonds is 9. The van der Waals surface area contributed by atoms with Gasteiger partial charge in [-0.2, -0.15) is 0 Å². The van der Waals surface area contributed by atoms with E-state index in [1.807, 2.05) is 0 Å². The third-order valence-electron chi connectivity index (χ3n) is 5.87. The number of hydrogen-bond acceptors (Lipinski definition) is 4. The Kier molecular flexibility index (Phi) is 13.7. The van der Waals surface area contributed by atoms with E-state index < -0.39 is 0 Å². The van der Waals surface area contributed by atoms with E-state index in [0.717, 1.165) is 57.8 Å². The van der Waals surface area contributed by atoms with Crippen LogP contribution in [-0.2, 0) is 4.74 Å². The smallest absolute Gasteiger partial charge is 0.191 e. The molecule has 0 spiro atoms. The molecule has 2 rings (SSSR count). The predicted octanol–water partition coefficient (Wildman–Crippen LogP) is 2.64. The monoisotopic (exact) mass is 509 g/mol. The molecule has 0 aromatic carbocycles. The summed E-state index contributed by atoms with van der Waals surface area (Å²) in [5.74, 6) is 2.34. The Morgan fingerprint density at radius 1 is 1.07 bits per heavy atom. The SMILES string of the molecule is CCCN1CCC(CNC(=NCC(C(C)C)N2CCOCC2)NCC)CC1.I. The van der Waals surface area contributed by atoms with E-state index in [1.54, 1.807) is 0 Å². The molecule has 0 aliphatic carbocycles. The summed E-state index contributed by atoms with van der Waals surface area (Å²) in [5, 5.41) is 7.05. The number of likely N-dealkylation sites (tertiary alicyclic amines) is 1. The maximum Gasteiger partial charge on any atom is 0.191 e. The first-order valence-electron chi connectivity index (χ1n) is 11.2. The lowest BCUT2D eigenvalue weighted by Crippen LogP contribution is -2.48. The number of guanidine groups is 1. The number of piperidine rings is 1. The van der Waals surface area contributed by atoms with Crippen molar-refractivity contribution in [3.8, 4) is 0 Å². The Balaban J connectivity index is 0.00000392. The van der Waals surface area contributed by atoms with Gasteiger partial charge in [0.25, 0.3) is 0 Å². The van der Waals surface area contributed by atoms with Crippen molar-refractivity contribution in [2.24, 2.45) is 16.8 Å². The van der Waals surface area contributed by atoms with Crippen molar-refractivity contribution >= 4 is 29.9 Å². The fourth-order valence-corrected chi connectivity index (χ4v) is 4.16. The van der Waals surface area contributed by atoms with E-state index in [4.69, 9.17) is 9.73 Å². The number of hydrogen-bond donors (Lipinski definition) is 2. The van der Waals surface area contributed by atoms with Crippen LogP contribution < -0.4 is 10.6 Å². The first-order valence-corrected chi connectivity index (χ1v) is 11.2. The summed E-state index contributed by atoms with van der Waals surface area (Å²) < 4.78 is 5.52. The minimum atomic E-state index is 0. The van der Waals surface area contributed by atoms with Crippen LogP contribution in [0, 0.1) is 11.8 Å². The van der Waals surface area contributed by atoms with Crippen molar-refractivity contribution in [3.63, 3.8) is 0 Å². The molecule has 0 bridgehead atoms. The second kappa shape index (κ2) is 14.8. The van der Waals surface area contributed by atoms with Crippen molar-refractivity contribution in [2.75, 3.05) is 65.6 Å². The molecule has 28 heavy (non-hydrogen) atoms. The number of halogens is 1. The van der Waals surface area contributed by atoms with Crippen molar-refractivity contribution in [1.29, 1.82) is 0 Å². The molecule has 2 heterocycles. The van der Waals surface area contributed by atoms with Crippen molar-refractivity contribution in [3.05, 3.63) is 0 Å². The fraction of sp³-hybridized carbons (Fsp3) is 0.952. The van der Waals surface area contributed by atoms with E-state index in [-0.39, 0.29) is 24.0 Å². The van der Waals surface area contributed by atoms with E-state index in [0.29, 0.717) is 12.0 Å². The standard InChI is InChI=1S/C21H43N5O.HI/c1-5-9-25-10-7-19(8-11-25)16-23-21(22-6-2)24-17-20(18(3)4)26-12-14-27-15-13-26;/h18-20H,5-17H2,1-4H3,(H2,22,23,24);1H. The highest BCUT2D eigenvalue weighted by Gasteiger charge is 2.24. The van der Waals surface area contributed by atoms with Crippen LogP contribution >= 0.6 is 24.0 Å². The molecule has 0 saturated carbocycles. The van der Waals surface area contributed by atoms with E-state index in [9.17, 15) is 0 Å². The van der Waals surface area contributed by atoms with Crippen LogP contribution in [0.25, 0.3) is 0 Å². The zero-order valence-electron chi connectivity index (χ0n) is 18.6. The zero-order chi connectivity index (χ0) is 19.5. The van der Waals surface area contributed by atoms with Crippen LogP contribution in [0.2, 0.25) is 0 Å². The molecule has 0 radical (unpaired) electrons. The maximum absolute atomic E-state index is 5.52. The Hall–Kier alpha value is -0.120. The van der Waals surface area contributed by atoms with Crippen molar-refractivity contribution in [1.82, 2.24) is 20.4 Å². The minimum absolute atomic E-state index is 0. The van der Waals surface area contributed by atoms with Gasteiger partial charge in [0.05, 0.1) is 19.8 Å². The summed E-state index contributed by atoms with van der Waals surface area (Å²) in [6.45, 7) is 19.3. The van der Waals surface area contributed by atoms with Gasteiger partial charge in [0, 0.05) is 32.2 Å². The molecule has 2 fully saturated rings. The second-order valence-corrected chi connectivity index (χ2v) is 8.35. The van der Waals surface area contributed by atoms with Gasteiger partial charge in [-0.3, -0.25) is 9.89 Å². The average Bonchev–Trinajstić information content (AvgIpc) is 2.68. The van der Waals surface area contributed by atoms with E-state index in [1.165, 1.54) is 38.9 Å². The Morgan fingerprint density at radius 3 is 2.32 bits per heavy atom. The summed E-state index contributed by atoms with van der Waals surface area (Å²) in [6.07, 6.45) is 3.86. The van der Waals surface area contributed by atoms with Gasteiger partial charge in [0.1, 0.15) is 0 Å². The third kappa shape index (κ3) is 9.13. The fourth-order valence-electron chi connectivity index (χ4n) is 4.16. The molecule has 2 aliphatic heterocycles. The van der Waals surface area contributed by atoms with Crippen LogP contribution in [-0.4, -0.2) is 87.4 Å². The lowest BCUT2D eigenvalue weighted by Gasteiger charge is -2.36. The summed E-state index contributed by atoms with van der Waals surface area (Å²) in [6, 6.07) is 0.488. The molecule has 1 atom stereocenters. The Bertz CT molecular complexity index is 421. The molecule has 0 aromatic heterocycles. The van der Waals surface area contributed by atoms with Crippen molar-refractivity contribution in [2.45, 2.75) is 53.0 Å². The zero-order valence-corrected chi connectivity index (χ0v) is 20.9. The molecular formula is C21H44IN5O. The van der Waals surface area contributed by atoms with Gasteiger partial charge in [-0.1, -0.05) is 20.8 Å². The number of nitrogens with zero attached hydrogens (tertiary/aromatic N) is 3. The van der Waals surface area contributed by atoms with E-state index in [2.05, 4.69) is 48.1 Å². The molecule has 0 amide bonds. The van der Waals surface area contributed by atoms with Gasteiger partial charge < -0.3 is 20.3 Å². The Labute approximate surface area is 190 Å². The van der Waals surface area contributed by atoms with Crippen LogP contribution in [0.3, 0.4) is 0 Å². The van der Waals surface area contributed by atoms with Gasteiger partial charge in [-0.15, -0.1) is 24.0 Å². The molecule has 0 aromatic rings. The van der Waals surface area contributed by atoms with Gasteiger partial charge in [0.2, 0.25) is 0 Å². The quantitative estimate of drug-likeness (QED) is 0.285. The second-order valence-electron chi connectivity index (χ2n) is 8.35. The normalized spacial score (nSPS) is 21.4. The van der Waals surface area contributed by atoms with Crippen LogP contribution in [0.1, 0.15) is 47.0 Å². The number of aliphatic imine (C=N–C) groups is 1. The molecular weight excluding hydrogens is 465 g/mol. The van der Waals surface area contributed by atoms with Crippen molar-refractivity contribution < 1.29 is 4.74 Å². The summed E-state index contributed by atoms with van der Waals surface area (Å²) in [5.41, 5.74) is 0. The first-order chi connectivity index (χ1) is 13.1. The molecule has 166 valence electrons. The maximum atomic E-state index is 5.52. The predicted molar refractivity (Wildman–Crippen MR) is 130 cm³/mol. The molecule has 2 N–H and O–H groups in total.